The highest BCUT2D eigenvalue weighted by Crippen LogP contribution is 2.32. The summed E-state index contributed by atoms with van der Waals surface area (Å²) >= 11 is 6.43. The van der Waals surface area contributed by atoms with E-state index in [1.807, 2.05) is 36.4 Å². The van der Waals surface area contributed by atoms with Gasteiger partial charge in [0, 0.05) is 16.8 Å². The van der Waals surface area contributed by atoms with Crippen molar-refractivity contribution < 1.29 is 14.3 Å². The number of rotatable bonds is 8. The Hall–Kier alpha value is -4.26. The highest BCUT2D eigenvalue weighted by molar-refractivity contribution is 6.31. The van der Waals surface area contributed by atoms with Gasteiger partial charge in [-0.1, -0.05) is 54.1 Å². The van der Waals surface area contributed by atoms with E-state index in [-0.39, 0.29) is 12.5 Å². The number of nitrogens with one attached hydrogen (secondary N) is 1. The van der Waals surface area contributed by atoms with E-state index in [2.05, 4.69) is 11.4 Å². The van der Waals surface area contributed by atoms with Crippen molar-refractivity contribution in [2.45, 2.75) is 5.92 Å². The molecular weight excluding hydrogens is 438 g/mol. The Labute approximate surface area is 197 Å². The molecule has 164 valence electrons. The molecule has 33 heavy (non-hydrogen) atoms. The first-order valence-electron chi connectivity index (χ1n) is 9.96. The molecule has 0 saturated heterocycles. The normalized spacial score (nSPS) is 11.3. The Morgan fingerprint density at radius 2 is 1.88 bits per heavy atom. The summed E-state index contributed by atoms with van der Waals surface area (Å²) in [5.41, 5.74) is 2.76. The van der Waals surface area contributed by atoms with Gasteiger partial charge in [-0.15, -0.1) is 0 Å². The molecule has 0 bridgehead atoms. The van der Waals surface area contributed by atoms with Crippen LogP contribution in [0.2, 0.25) is 5.02 Å². The summed E-state index contributed by atoms with van der Waals surface area (Å²) in [6.45, 7) is -0.0875. The van der Waals surface area contributed by atoms with Gasteiger partial charge in [-0.3, -0.25) is 4.79 Å². The Morgan fingerprint density at radius 3 is 2.55 bits per heavy atom. The Morgan fingerprint density at radius 1 is 1.09 bits per heavy atom. The second kappa shape index (κ2) is 11.4. The zero-order valence-corrected chi connectivity index (χ0v) is 18.5. The van der Waals surface area contributed by atoms with Crippen LogP contribution >= 0.6 is 11.6 Å². The number of benzene rings is 3. The van der Waals surface area contributed by atoms with E-state index in [0.717, 1.165) is 11.1 Å². The molecule has 0 radical (unpaired) electrons. The standard InChI is InChI=1S/C26H20ClN3O3/c1-32-25-15-18(7-11-24(25)33-14-13-28)8-12-26(31)30-20-9-10-21(23(27)16-20)22(17-29)19-5-3-2-4-6-19/h2-12,15-16,22H,14H2,1H3,(H,30,31)/b12-8+. The van der Waals surface area contributed by atoms with Gasteiger partial charge in [0.25, 0.3) is 0 Å². The first-order valence-corrected chi connectivity index (χ1v) is 10.3. The fraction of sp³-hybridized carbons (Fsp3) is 0.115. The molecule has 0 aliphatic rings. The van der Waals surface area contributed by atoms with E-state index >= 15 is 0 Å². The molecule has 6 nitrogen and oxygen atoms in total. The van der Waals surface area contributed by atoms with Gasteiger partial charge in [-0.2, -0.15) is 10.5 Å². The number of amides is 1. The fourth-order valence-corrected chi connectivity index (χ4v) is 3.47. The van der Waals surface area contributed by atoms with E-state index < -0.39 is 5.92 Å². The quantitative estimate of drug-likeness (QED) is 0.447. The number of nitrogens with zero attached hydrogens (tertiary/aromatic N) is 2. The third-order valence-electron chi connectivity index (χ3n) is 4.75. The second-order valence-electron chi connectivity index (χ2n) is 6.89. The summed E-state index contributed by atoms with van der Waals surface area (Å²) in [5.74, 6) is 0.0584. The van der Waals surface area contributed by atoms with Gasteiger partial charge in [-0.05, 0) is 47.0 Å². The molecular formula is C26H20ClN3O3. The molecule has 7 heteroatoms. The number of methoxy groups -OCH3 is 1. The summed E-state index contributed by atoms with van der Waals surface area (Å²) in [6, 6.07) is 23.8. The zero-order chi connectivity index (χ0) is 23.6. The topological polar surface area (TPSA) is 95.1 Å². The highest BCUT2D eigenvalue weighted by Gasteiger charge is 2.17. The van der Waals surface area contributed by atoms with Crippen LogP contribution in [0.15, 0.2) is 72.8 Å². The van der Waals surface area contributed by atoms with Crippen LogP contribution in [0.3, 0.4) is 0 Å². The average molecular weight is 458 g/mol. The Kier molecular flexibility index (Phi) is 8.07. The maximum Gasteiger partial charge on any atom is 0.248 e. The van der Waals surface area contributed by atoms with Gasteiger partial charge < -0.3 is 14.8 Å². The van der Waals surface area contributed by atoms with E-state index in [1.54, 1.807) is 42.5 Å². The van der Waals surface area contributed by atoms with Crippen LogP contribution in [0.1, 0.15) is 22.6 Å². The predicted octanol–water partition coefficient (Wildman–Crippen LogP) is 5.56. The van der Waals surface area contributed by atoms with Crippen molar-refractivity contribution >= 4 is 29.3 Å². The summed E-state index contributed by atoms with van der Waals surface area (Å²) < 4.78 is 10.6. The Bertz CT molecular complexity index is 1240. The third-order valence-corrected chi connectivity index (χ3v) is 5.08. The van der Waals surface area contributed by atoms with E-state index in [0.29, 0.717) is 27.8 Å². The number of hydrogen-bond acceptors (Lipinski definition) is 5. The molecule has 1 N–H and O–H groups in total. The maximum absolute atomic E-state index is 12.4. The summed E-state index contributed by atoms with van der Waals surface area (Å²) in [7, 11) is 1.50. The highest BCUT2D eigenvalue weighted by atomic mass is 35.5. The van der Waals surface area contributed by atoms with Gasteiger partial charge in [0.15, 0.2) is 18.1 Å². The van der Waals surface area contributed by atoms with Crippen molar-refractivity contribution in [2.75, 3.05) is 19.0 Å². The molecule has 3 aromatic carbocycles. The number of ether oxygens (including phenoxy) is 2. The van der Waals surface area contributed by atoms with Crippen LogP contribution in [0.4, 0.5) is 5.69 Å². The number of nitriles is 2. The van der Waals surface area contributed by atoms with Gasteiger partial charge in [0.2, 0.25) is 5.91 Å². The minimum Gasteiger partial charge on any atom is -0.493 e. The predicted molar refractivity (Wildman–Crippen MR) is 127 cm³/mol. The number of carbonyl (C=O) groups is 1. The summed E-state index contributed by atoms with van der Waals surface area (Å²) in [6.07, 6.45) is 3.01. The van der Waals surface area contributed by atoms with Crippen molar-refractivity contribution in [3.8, 4) is 23.6 Å². The van der Waals surface area contributed by atoms with E-state index in [9.17, 15) is 10.1 Å². The van der Waals surface area contributed by atoms with Crippen molar-refractivity contribution in [1.29, 1.82) is 10.5 Å². The number of hydrogen-bond donors (Lipinski definition) is 1. The molecule has 0 aliphatic carbocycles. The van der Waals surface area contributed by atoms with Gasteiger partial charge in [-0.25, -0.2) is 0 Å². The zero-order valence-electron chi connectivity index (χ0n) is 17.8. The van der Waals surface area contributed by atoms with Crippen LogP contribution in [0.25, 0.3) is 6.08 Å². The lowest BCUT2D eigenvalue weighted by molar-refractivity contribution is -0.111. The molecule has 1 amide bonds. The first kappa shape index (κ1) is 23.4. The third kappa shape index (κ3) is 6.13. The summed E-state index contributed by atoms with van der Waals surface area (Å²) in [5, 5.41) is 21.4. The molecule has 0 heterocycles. The lowest BCUT2D eigenvalue weighted by atomic mass is 9.92. The molecule has 0 spiro atoms. The largest absolute Gasteiger partial charge is 0.493 e. The number of anilines is 1. The van der Waals surface area contributed by atoms with Crippen molar-refractivity contribution in [2.24, 2.45) is 0 Å². The smallest absolute Gasteiger partial charge is 0.248 e. The number of halogens is 1. The number of carbonyl (C=O) groups excluding carboxylic acids is 1. The minimum absolute atomic E-state index is 0.0875. The minimum atomic E-state index is -0.501. The molecule has 0 fully saturated rings. The first-order chi connectivity index (χ1) is 16.0. The fourth-order valence-electron chi connectivity index (χ4n) is 3.18. The lowest BCUT2D eigenvalue weighted by Gasteiger charge is -2.13. The molecule has 3 rings (SSSR count). The summed E-state index contributed by atoms with van der Waals surface area (Å²) in [4.78, 5) is 12.4. The van der Waals surface area contributed by atoms with E-state index in [1.165, 1.54) is 13.2 Å². The SMILES string of the molecule is COc1cc(/C=C/C(=O)Nc2ccc(C(C#N)c3ccccc3)c(Cl)c2)ccc1OCC#N. The molecule has 1 atom stereocenters. The molecule has 3 aromatic rings. The second-order valence-corrected chi connectivity index (χ2v) is 7.30. The van der Waals surface area contributed by atoms with Crippen LogP contribution in [0, 0.1) is 22.7 Å². The van der Waals surface area contributed by atoms with Gasteiger partial charge in [0.1, 0.15) is 6.07 Å². The monoisotopic (exact) mass is 457 g/mol. The molecule has 0 aromatic heterocycles. The van der Waals surface area contributed by atoms with Crippen molar-refractivity contribution in [3.05, 3.63) is 94.5 Å². The van der Waals surface area contributed by atoms with Crippen LogP contribution in [0.5, 0.6) is 11.5 Å². The average Bonchev–Trinajstić information content (AvgIpc) is 2.84. The molecule has 0 aliphatic heterocycles. The van der Waals surface area contributed by atoms with Gasteiger partial charge >= 0.3 is 0 Å². The van der Waals surface area contributed by atoms with E-state index in [4.69, 9.17) is 26.3 Å². The van der Waals surface area contributed by atoms with Crippen LogP contribution in [-0.4, -0.2) is 19.6 Å². The maximum atomic E-state index is 12.4. The van der Waals surface area contributed by atoms with Crippen molar-refractivity contribution in [3.63, 3.8) is 0 Å². The molecule has 0 saturated carbocycles. The lowest BCUT2D eigenvalue weighted by Crippen LogP contribution is -2.08. The van der Waals surface area contributed by atoms with Crippen LogP contribution in [-0.2, 0) is 4.79 Å². The Balaban J connectivity index is 1.70. The van der Waals surface area contributed by atoms with Crippen molar-refractivity contribution in [1.82, 2.24) is 0 Å². The van der Waals surface area contributed by atoms with Gasteiger partial charge in [0.05, 0.1) is 19.1 Å². The van der Waals surface area contributed by atoms with Crippen LogP contribution < -0.4 is 14.8 Å². The molecule has 1 unspecified atom stereocenters.